The molecular formula is C16H22N6OS. The Morgan fingerprint density at radius 3 is 2.79 bits per heavy atom. The summed E-state index contributed by atoms with van der Waals surface area (Å²) >= 11 is 5.21. The van der Waals surface area contributed by atoms with Crippen molar-refractivity contribution in [2.45, 2.75) is 13.8 Å². The number of pyridine rings is 2. The van der Waals surface area contributed by atoms with Crippen LogP contribution in [-0.2, 0) is 4.74 Å². The Labute approximate surface area is 146 Å². The molecule has 1 aliphatic heterocycles. The van der Waals surface area contributed by atoms with Crippen LogP contribution in [0.2, 0.25) is 0 Å². The van der Waals surface area contributed by atoms with E-state index in [-0.39, 0.29) is 5.92 Å². The average Bonchev–Trinajstić information content (AvgIpc) is 2.61. The van der Waals surface area contributed by atoms with E-state index >= 15 is 0 Å². The van der Waals surface area contributed by atoms with Crippen LogP contribution in [0.15, 0.2) is 24.4 Å². The summed E-state index contributed by atoms with van der Waals surface area (Å²) in [4.78, 5) is 12.1. The summed E-state index contributed by atoms with van der Waals surface area (Å²) in [5.74, 6) is 0.972. The van der Waals surface area contributed by atoms with Crippen LogP contribution in [0.5, 0.6) is 0 Å². The molecule has 3 N–H and O–H groups in total. The van der Waals surface area contributed by atoms with Gasteiger partial charge in [0.05, 0.1) is 29.4 Å². The first kappa shape index (κ1) is 16.8. The lowest BCUT2D eigenvalue weighted by atomic mass is 10.2. The fraction of sp³-hybridized carbons (Fsp3) is 0.438. The van der Waals surface area contributed by atoms with Crippen LogP contribution in [0.1, 0.15) is 13.8 Å². The van der Waals surface area contributed by atoms with Crippen molar-refractivity contribution < 1.29 is 4.74 Å². The third-order valence-electron chi connectivity index (χ3n) is 3.82. The third-order valence-corrected chi connectivity index (χ3v) is 4.39. The molecule has 3 rings (SSSR count). The van der Waals surface area contributed by atoms with Gasteiger partial charge in [0.15, 0.2) is 0 Å². The highest BCUT2D eigenvalue weighted by molar-refractivity contribution is 7.80. The van der Waals surface area contributed by atoms with Gasteiger partial charge in [0.2, 0.25) is 0 Å². The lowest BCUT2D eigenvalue weighted by molar-refractivity contribution is 0.123. The highest BCUT2D eigenvalue weighted by Crippen LogP contribution is 2.25. The molecule has 0 spiro atoms. The van der Waals surface area contributed by atoms with Gasteiger partial charge in [0.1, 0.15) is 11.3 Å². The number of morpholine rings is 1. The molecular weight excluding hydrogens is 324 g/mol. The number of hydrogen-bond acceptors (Lipinski definition) is 7. The van der Waals surface area contributed by atoms with Crippen molar-refractivity contribution in [3.8, 4) is 0 Å². The van der Waals surface area contributed by atoms with Crippen molar-refractivity contribution in [3.05, 3.63) is 24.4 Å². The summed E-state index contributed by atoms with van der Waals surface area (Å²) in [5.41, 5.74) is 11.7. The number of thiocarbonyl (C=S) groups is 1. The summed E-state index contributed by atoms with van der Waals surface area (Å²) in [6, 6.07) is 5.84. The fourth-order valence-electron chi connectivity index (χ4n) is 2.44. The Morgan fingerprint density at radius 2 is 2.04 bits per heavy atom. The van der Waals surface area contributed by atoms with Crippen molar-refractivity contribution in [3.63, 3.8) is 0 Å². The Balaban J connectivity index is 1.77. The molecule has 1 aliphatic rings. The lowest BCUT2D eigenvalue weighted by Gasteiger charge is -2.29. The second-order valence-corrected chi connectivity index (χ2v) is 6.33. The minimum atomic E-state index is 0.274. The third kappa shape index (κ3) is 3.89. The highest BCUT2D eigenvalue weighted by atomic mass is 32.1. The minimum Gasteiger partial charge on any atom is -0.378 e. The Morgan fingerprint density at radius 1 is 1.25 bits per heavy atom. The molecule has 128 valence electrons. The quantitative estimate of drug-likeness (QED) is 0.560. The van der Waals surface area contributed by atoms with Crippen molar-refractivity contribution in [2.75, 3.05) is 36.6 Å². The lowest BCUT2D eigenvalue weighted by Crippen LogP contribution is -2.42. The maximum Gasteiger partial charge on any atom is 0.142 e. The van der Waals surface area contributed by atoms with Gasteiger partial charge in [-0.15, -0.1) is 5.53 Å². The van der Waals surface area contributed by atoms with E-state index in [4.69, 9.17) is 21.9 Å². The van der Waals surface area contributed by atoms with E-state index < -0.39 is 0 Å². The standard InChI is InChI=1S/C16H22N6OS/c1-11(2)16(24)20-21-19-14-4-3-12-15(18-14)13(5-6-17-12)22-7-9-23-10-8-22/h3-6,11,21H,7-10H2,1-2H3,(H,18,19)(H,20,24). The molecule has 8 heteroatoms. The number of hydrogen-bond donors (Lipinski definition) is 3. The second kappa shape index (κ2) is 7.69. The number of fused-ring (bicyclic) bond motifs is 1. The number of aromatic nitrogens is 2. The number of ether oxygens (including phenoxy) is 1. The monoisotopic (exact) mass is 346 g/mol. The Hall–Kier alpha value is -2.03. The summed E-state index contributed by atoms with van der Waals surface area (Å²) in [6.07, 6.45) is 1.82. The minimum absolute atomic E-state index is 0.274. The molecule has 3 heterocycles. The van der Waals surface area contributed by atoms with Crippen LogP contribution in [0.3, 0.4) is 0 Å². The van der Waals surface area contributed by atoms with Crippen molar-refractivity contribution >= 4 is 39.7 Å². The summed E-state index contributed by atoms with van der Waals surface area (Å²) in [5, 5.41) is 0. The Bertz CT molecular complexity index is 717. The van der Waals surface area contributed by atoms with Gasteiger partial charge < -0.3 is 9.64 Å². The molecule has 2 aromatic heterocycles. The Kier molecular flexibility index (Phi) is 5.39. The van der Waals surface area contributed by atoms with E-state index in [0.717, 1.165) is 48.0 Å². The van der Waals surface area contributed by atoms with Crippen LogP contribution in [-0.4, -0.2) is 41.3 Å². The molecule has 0 atom stereocenters. The van der Waals surface area contributed by atoms with E-state index in [9.17, 15) is 0 Å². The van der Waals surface area contributed by atoms with E-state index in [1.54, 1.807) is 0 Å². The first-order valence-electron chi connectivity index (χ1n) is 8.04. The van der Waals surface area contributed by atoms with Crippen LogP contribution < -0.4 is 21.3 Å². The number of anilines is 2. The molecule has 0 radical (unpaired) electrons. The number of nitrogens with zero attached hydrogens (tertiary/aromatic N) is 3. The summed E-state index contributed by atoms with van der Waals surface area (Å²) in [7, 11) is 0. The number of hydrazine groups is 2. The van der Waals surface area contributed by atoms with Crippen LogP contribution >= 0.6 is 12.2 Å². The molecule has 7 nitrogen and oxygen atoms in total. The number of rotatable bonds is 5. The van der Waals surface area contributed by atoms with Crippen LogP contribution in [0, 0.1) is 5.92 Å². The molecule has 24 heavy (non-hydrogen) atoms. The smallest absolute Gasteiger partial charge is 0.142 e. The summed E-state index contributed by atoms with van der Waals surface area (Å²) in [6.45, 7) is 7.26. The molecule has 0 bridgehead atoms. The highest BCUT2D eigenvalue weighted by Gasteiger charge is 2.15. The van der Waals surface area contributed by atoms with Gasteiger partial charge in [0, 0.05) is 25.2 Å². The maximum absolute atomic E-state index is 5.43. The molecule has 0 saturated carbocycles. The molecule has 0 amide bonds. The summed E-state index contributed by atoms with van der Waals surface area (Å²) < 4.78 is 5.43. The second-order valence-electron chi connectivity index (χ2n) is 5.89. The first-order valence-corrected chi connectivity index (χ1v) is 8.45. The molecule has 0 aliphatic carbocycles. The fourth-order valence-corrected chi connectivity index (χ4v) is 2.49. The predicted molar refractivity (Wildman–Crippen MR) is 99.9 cm³/mol. The van der Waals surface area contributed by atoms with Crippen molar-refractivity contribution in [1.29, 1.82) is 0 Å². The van der Waals surface area contributed by atoms with Gasteiger partial charge in [0.25, 0.3) is 0 Å². The normalized spacial score (nSPS) is 14.9. The molecule has 2 aromatic rings. The SMILES string of the molecule is CC(C)C(=S)NNNc1ccc2nccc(N3CCOCC3)c2n1. The topological polar surface area (TPSA) is 74.3 Å². The van der Waals surface area contributed by atoms with Gasteiger partial charge in [-0.05, 0) is 18.2 Å². The largest absolute Gasteiger partial charge is 0.378 e. The van der Waals surface area contributed by atoms with E-state index in [2.05, 4.69) is 26.3 Å². The van der Waals surface area contributed by atoms with Crippen LogP contribution in [0.25, 0.3) is 11.0 Å². The zero-order chi connectivity index (χ0) is 16.9. The van der Waals surface area contributed by atoms with Crippen molar-refractivity contribution in [2.24, 2.45) is 5.92 Å². The average molecular weight is 346 g/mol. The molecule has 1 saturated heterocycles. The van der Waals surface area contributed by atoms with E-state index in [0.29, 0.717) is 5.82 Å². The zero-order valence-electron chi connectivity index (χ0n) is 13.9. The van der Waals surface area contributed by atoms with Crippen molar-refractivity contribution in [1.82, 2.24) is 20.9 Å². The van der Waals surface area contributed by atoms with Gasteiger partial charge in [-0.25, -0.2) is 4.98 Å². The maximum atomic E-state index is 5.43. The predicted octanol–water partition coefficient (Wildman–Crippen LogP) is 1.87. The van der Waals surface area contributed by atoms with Crippen LogP contribution in [0.4, 0.5) is 11.5 Å². The molecule has 0 aromatic carbocycles. The van der Waals surface area contributed by atoms with Gasteiger partial charge in [-0.2, -0.15) is 0 Å². The van der Waals surface area contributed by atoms with Gasteiger partial charge >= 0.3 is 0 Å². The molecule has 0 unspecified atom stereocenters. The first-order chi connectivity index (χ1) is 11.6. The zero-order valence-corrected chi connectivity index (χ0v) is 14.7. The molecule has 1 fully saturated rings. The van der Waals surface area contributed by atoms with E-state index in [1.807, 2.05) is 38.2 Å². The number of nitrogens with one attached hydrogen (secondary N) is 3. The van der Waals surface area contributed by atoms with E-state index in [1.165, 1.54) is 0 Å². The van der Waals surface area contributed by atoms with Gasteiger partial charge in [-0.1, -0.05) is 26.1 Å². The van der Waals surface area contributed by atoms with Gasteiger partial charge in [-0.3, -0.25) is 15.8 Å².